The van der Waals surface area contributed by atoms with Crippen LogP contribution in [0.2, 0.25) is 10.0 Å². The van der Waals surface area contributed by atoms with Crippen molar-refractivity contribution < 1.29 is 32.7 Å². The van der Waals surface area contributed by atoms with Crippen molar-refractivity contribution in [1.29, 1.82) is 0 Å². The lowest BCUT2D eigenvalue weighted by molar-refractivity contribution is -0.138. The molecule has 0 saturated carbocycles. The van der Waals surface area contributed by atoms with Crippen LogP contribution in [0.4, 0.5) is 18.9 Å². The van der Waals surface area contributed by atoms with E-state index in [2.05, 4.69) is 10.2 Å². The van der Waals surface area contributed by atoms with E-state index >= 15 is 0 Å². The van der Waals surface area contributed by atoms with E-state index in [9.17, 15) is 32.7 Å². The van der Waals surface area contributed by atoms with E-state index < -0.39 is 35.1 Å². The zero-order chi connectivity index (χ0) is 28.0. The van der Waals surface area contributed by atoms with Gasteiger partial charge in [0.05, 0.1) is 38.6 Å². The molecule has 1 aliphatic heterocycles. The summed E-state index contributed by atoms with van der Waals surface area (Å²) in [5, 5.41) is 16.9. The number of carboxylic acid groups (broad SMARTS) is 1. The van der Waals surface area contributed by atoms with Gasteiger partial charge >= 0.3 is 12.1 Å². The highest BCUT2D eigenvalue weighted by atomic mass is 35.5. The first kappa shape index (κ1) is 28.7. The number of amides is 2. The first-order chi connectivity index (χ1) is 17.9. The highest BCUT2D eigenvalue weighted by Crippen LogP contribution is 2.32. The molecule has 0 bridgehead atoms. The molecule has 1 fully saturated rings. The van der Waals surface area contributed by atoms with Crippen LogP contribution in [-0.4, -0.2) is 64.2 Å². The molecule has 3 aromatic rings. The molecule has 38 heavy (non-hydrogen) atoms. The maximum Gasteiger partial charge on any atom is 0.417 e. The average molecular weight is 570 g/mol. The van der Waals surface area contributed by atoms with Crippen molar-refractivity contribution in [2.75, 3.05) is 31.1 Å². The van der Waals surface area contributed by atoms with E-state index in [0.717, 1.165) is 12.1 Å². The number of aromatic nitrogens is 2. The predicted molar refractivity (Wildman–Crippen MR) is 134 cm³/mol. The Bertz CT molecular complexity index is 1330. The zero-order valence-corrected chi connectivity index (χ0v) is 21.0. The standard InChI is InChI=1S/C17H15F3N4O3.C7H5Cl2NO/c18-17(19,20)12-4-2-1-3-11(12)15(25)24-9-7-23(8-10-24)13-5-6-21-22-14(13)16(26)27;8-4-2-1-3-5(9)6(4)7(10)11/h1-6H,7-10H2,(H,26,27);1-3H,(H2,10,11). The van der Waals surface area contributed by atoms with Crippen molar-refractivity contribution in [3.8, 4) is 0 Å². The fraction of sp³-hybridized carbons (Fsp3) is 0.208. The molecule has 0 spiro atoms. The van der Waals surface area contributed by atoms with Gasteiger partial charge in [0.1, 0.15) is 0 Å². The molecule has 9 nitrogen and oxygen atoms in total. The number of carboxylic acids is 1. The van der Waals surface area contributed by atoms with E-state index in [4.69, 9.17) is 28.9 Å². The predicted octanol–water partition coefficient (Wildman–Crippen LogP) is 4.25. The number of benzene rings is 2. The molecule has 0 aliphatic carbocycles. The number of carbonyl (C=O) groups is 3. The van der Waals surface area contributed by atoms with Crippen LogP contribution in [0.15, 0.2) is 54.7 Å². The summed E-state index contributed by atoms with van der Waals surface area (Å²) >= 11 is 11.3. The van der Waals surface area contributed by atoms with Gasteiger partial charge in [-0.3, -0.25) is 9.59 Å². The molecule has 2 amide bonds. The van der Waals surface area contributed by atoms with Gasteiger partial charge < -0.3 is 20.6 Å². The van der Waals surface area contributed by atoms with Gasteiger partial charge in [0, 0.05) is 26.2 Å². The number of aromatic carboxylic acids is 1. The van der Waals surface area contributed by atoms with Crippen LogP contribution in [0, 0.1) is 0 Å². The Morgan fingerprint density at radius 1 is 0.921 bits per heavy atom. The molecule has 0 atom stereocenters. The lowest BCUT2D eigenvalue weighted by atomic mass is 10.1. The SMILES string of the molecule is NC(=O)c1c(Cl)cccc1Cl.O=C(O)c1nnccc1N1CCN(C(=O)c2ccccc2C(F)(F)F)CC1. The van der Waals surface area contributed by atoms with Gasteiger partial charge in [-0.05, 0) is 30.3 Å². The number of piperazine rings is 1. The van der Waals surface area contributed by atoms with Gasteiger partial charge in [0.15, 0.2) is 5.69 Å². The highest BCUT2D eigenvalue weighted by molar-refractivity contribution is 6.39. The number of alkyl halides is 3. The molecule has 3 N–H and O–H groups in total. The molecule has 1 aliphatic rings. The van der Waals surface area contributed by atoms with Crippen molar-refractivity contribution in [3.05, 3.63) is 87.2 Å². The van der Waals surface area contributed by atoms with Crippen LogP contribution in [0.1, 0.15) is 36.8 Å². The van der Waals surface area contributed by atoms with Crippen LogP contribution in [-0.2, 0) is 6.18 Å². The van der Waals surface area contributed by atoms with Gasteiger partial charge in [-0.2, -0.15) is 18.3 Å². The lowest BCUT2D eigenvalue weighted by Gasteiger charge is -2.36. The summed E-state index contributed by atoms with van der Waals surface area (Å²) in [6.07, 6.45) is -3.26. The highest BCUT2D eigenvalue weighted by Gasteiger charge is 2.36. The molecule has 14 heteroatoms. The summed E-state index contributed by atoms with van der Waals surface area (Å²) in [7, 11) is 0. The minimum Gasteiger partial charge on any atom is -0.476 e. The van der Waals surface area contributed by atoms with Gasteiger partial charge in [-0.15, -0.1) is 5.10 Å². The lowest BCUT2D eigenvalue weighted by Crippen LogP contribution is -2.49. The molecule has 1 saturated heterocycles. The number of hydrogen-bond donors (Lipinski definition) is 2. The number of nitrogens with zero attached hydrogens (tertiary/aromatic N) is 4. The molecule has 4 rings (SSSR count). The van der Waals surface area contributed by atoms with E-state index in [1.165, 1.54) is 29.3 Å². The van der Waals surface area contributed by atoms with Crippen molar-refractivity contribution in [2.24, 2.45) is 5.73 Å². The minimum atomic E-state index is -4.62. The van der Waals surface area contributed by atoms with Gasteiger partial charge in [-0.25, -0.2) is 4.79 Å². The third-order valence-corrected chi connectivity index (χ3v) is 6.11. The first-order valence-electron chi connectivity index (χ1n) is 10.9. The van der Waals surface area contributed by atoms with Crippen molar-refractivity contribution in [2.45, 2.75) is 6.18 Å². The van der Waals surface area contributed by atoms with Crippen molar-refractivity contribution in [1.82, 2.24) is 15.1 Å². The van der Waals surface area contributed by atoms with Crippen molar-refractivity contribution >= 4 is 46.7 Å². The largest absolute Gasteiger partial charge is 0.476 e. The average Bonchev–Trinajstić information content (AvgIpc) is 2.88. The number of nitrogens with two attached hydrogens (primary N) is 1. The van der Waals surface area contributed by atoms with Gasteiger partial charge in [-0.1, -0.05) is 41.4 Å². The minimum absolute atomic E-state index is 0.159. The number of rotatable bonds is 4. The quantitative estimate of drug-likeness (QED) is 0.480. The van der Waals surface area contributed by atoms with Crippen molar-refractivity contribution in [3.63, 3.8) is 0 Å². The van der Waals surface area contributed by atoms with Gasteiger partial charge in [0.25, 0.3) is 11.8 Å². The summed E-state index contributed by atoms with van der Waals surface area (Å²) < 4.78 is 39.4. The Labute approximate surface area is 224 Å². The maximum absolute atomic E-state index is 13.1. The van der Waals surface area contributed by atoms with Crippen LogP contribution in [0.3, 0.4) is 0 Å². The Hall–Kier alpha value is -3.90. The summed E-state index contributed by atoms with van der Waals surface area (Å²) in [4.78, 5) is 37.6. The maximum atomic E-state index is 13.1. The monoisotopic (exact) mass is 569 g/mol. The normalized spacial score (nSPS) is 13.4. The molecule has 2 aromatic carbocycles. The molecule has 0 radical (unpaired) electrons. The Morgan fingerprint density at radius 2 is 1.53 bits per heavy atom. The smallest absolute Gasteiger partial charge is 0.417 e. The third-order valence-electron chi connectivity index (χ3n) is 5.48. The number of anilines is 1. The molecule has 1 aromatic heterocycles. The number of primary amides is 1. The molecule has 200 valence electrons. The second-order valence-corrected chi connectivity index (χ2v) is 8.67. The van der Waals surface area contributed by atoms with Gasteiger partial charge in [0.2, 0.25) is 0 Å². The van der Waals surface area contributed by atoms with E-state index in [-0.39, 0.29) is 47.5 Å². The Kier molecular flexibility index (Phi) is 9.13. The summed E-state index contributed by atoms with van der Waals surface area (Å²) in [6, 6.07) is 10.9. The number of halogens is 5. The van der Waals surface area contributed by atoms with E-state index in [0.29, 0.717) is 5.69 Å². The third kappa shape index (κ3) is 6.69. The molecular weight excluding hydrogens is 550 g/mol. The fourth-order valence-corrected chi connectivity index (χ4v) is 4.29. The van der Waals surface area contributed by atoms with Crippen LogP contribution < -0.4 is 10.6 Å². The summed E-state index contributed by atoms with van der Waals surface area (Å²) in [6.45, 7) is 0.858. The molecule has 2 heterocycles. The zero-order valence-electron chi connectivity index (χ0n) is 19.5. The Balaban J connectivity index is 0.000000304. The van der Waals surface area contributed by atoms with E-state index in [1.807, 2.05) is 0 Å². The molecular formula is C24H20Cl2F3N5O4. The topological polar surface area (TPSA) is 130 Å². The van der Waals surface area contributed by atoms with Crippen LogP contribution in [0.5, 0.6) is 0 Å². The summed E-state index contributed by atoms with van der Waals surface area (Å²) in [5.41, 5.74) is 3.98. The van der Waals surface area contributed by atoms with Crippen LogP contribution in [0.25, 0.3) is 0 Å². The fourth-order valence-electron chi connectivity index (χ4n) is 3.70. The second kappa shape index (κ2) is 12.1. The number of hydrogen-bond acceptors (Lipinski definition) is 6. The first-order valence-corrected chi connectivity index (χ1v) is 11.7. The van der Waals surface area contributed by atoms with Crippen LogP contribution >= 0.6 is 23.2 Å². The Morgan fingerprint density at radius 3 is 2.05 bits per heavy atom. The number of carbonyl (C=O) groups excluding carboxylic acids is 2. The second-order valence-electron chi connectivity index (χ2n) is 7.85. The van der Waals surface area contributed by atoms with E-state index in [1.54, 1.807) is 23.1 Å². The summed E-state index contributed by atoms with van der Waals surface area (Å²) in [5.74, 6) is -2.54. The molecule has 0 unspecified atom stereocenters.